The highest BCUT2D eigenvalue weighted by Crippen LogP contribution is 2.30. The lowest BCUT2D eigenvalue weighted by molar-refractivity contribution is 1.15. The number of rotatable bonds is 4. The average Bonchev–Trinajstić information content (AvgIpc) is 2.57. The number of hydrogen-bond acceptors (Lipinski definition) is 6. The molecule has 0 fully saturated rings. The lowest BCUT2D eigenvalue weighted by Crippen LogP contribution is -2.06. The number of benzene rings is 1. The van der Waals surface area contributed by atoms with Crippen molar-refractivity contribution in [3.63, 3.8) is 0 Å². The van der Waals surface area contributed by atoms with E-state index in [2.05, 4.69) is 25.6 Å². The van der Waals surface area contributed by atoms with Gasteiger partial charge in [0.2, 0.25) is 0 Å². The van der Waals surface area contributed by atoms with E-state index in [0.29, 0.717) is 33.2 Å². The van der Waals surface area contributed by atoms with Crippen LogP contribution in [-0.4, -0.2) is 15.0 Å². The number of nitrogens with one attached hydrogen (secondary N) is 2. The number of nitrogens with two attached hydrogens (primary N) is 1. The Kier molecular flexibility index (Phi) is 4.69. The molecule has 122 valence electrons. The molecule has 3 aromatic rings. The van der Waals surface area contributed by atoms with Crippen LogP contribution in [0.3, 0.4) is 0 Å². The summed E-state index contributed by atoms with van der Waals surface area (Å²) in [5, 5.41) is 7.13. The van der Waals surface area contributed by atoms with Crippen LogP contribution in [-0.2, 0) is 0 Å². The highest BCUT2D eigenvalue weighted by molar-refractivity contribution is 6.42. The summed E-state index contributed by atoms with van der Waals surface area (Å²) in [5.41, 5.74) is 8.23. The molecule has 0 amide bonds. The fourth-order valence-corrected chi connectivity index (χ4v) is 2.33. The molecule has 24 heavy (non-hydrogen) atoms. The van der Waals surface area contributed by atoms with Gasteiger partial charge in [-0.25, -0.2) is 15.0 Å². The van der Waals surface area contributed by atoms with Crippen molar-refractivity contribution < 1.29 is 0 Å². The van der Waals surface area contributed by atoms with Crippen molar-refractivity contribution in [3.8, 4) is 0 Å². The lowest BCUT2D eigenvalue weighted by atomic mass is 10.3. The molecule has 0 saturated carbocycles. The first-order valence-electron chi connectivity index (χ1n) is 7.06. The highest BCUT2D eigenvalue weighted by Gasteiger charge is 2.11. The molecule has 0 bridgehead atoms. The Balaban J connectivity index is 1.88. The van der Waals surface area contributed by atoms with Gasteiger partial charge in [0.05, 0.1) is 10.0 Å². The standard InChI is InChI=1S/C16H14Cl2N6/c1-9-3-2-6-20-14(9)24-16-13(19)15(21-8-22-16)23-10-4-5-11(17)12(18)7-10/h2-8H,19H2,1H3,(H2,20,21,22,23,24). The van der Waals surface area contributed by atoms with Crippen molar-refractivity contribution in [2.24, 2.45) is 0 Å². The number of pyridine rings is 1. The van der Waals surface area contributed by atoms with E-state index in [1.165, 1.54) is 6.33 Å². The van der Waals surface area contributed by atoms with E-state index in [1.54, 1.807) is 24.4 Å². The van der Waals surface area contributed by atoms with E-state index in [4.69, 9.17) is 28.9 Å². The van der Waals surface area contributed by atoms with Crippen molar-refractivity contribution in [2.75, 3.05) is 16.4 Å². The first kappa shape index (κ1) is 16.3. The van der Waals surface area contributed by atoms with Crippen LogP contribution in [0.15, 0.2) is 42.9 Å². The second kappa shape index (κ2) is 6.90. The van der Waals surface area contributed by atoms with Gasteiger partial charge in [-0.05, 0) is 36.8 Å². The molecule has 3 rings (SSSR count). The van der Waals surface area contributed by atoms with E-state index in [9.17, 15) is 0 Å². The summed E-state index contributed by atoms with van der Waals surface area (Å²) in [6, 6.07) is 8.98. The van der Waals surface area contributed by atoms with E-state index in [-0.39, 0.29) is 0 Å². The van der Waals surface area contributed by atoms with Crippen LogP contribution < -0.4 is 16.4 Å². The number of halogens is 2. The van der Waals surface area contributed by atoms with Gasteiger partial charge >= 0.3 is 0 Å². The molecule has 0 aliphatic heterocycles. The number of nitrogen functional groups attached to an aromatic ring is 1. The van der Waals surface area contributed by atoms with Crippen LogP contribution in [0.5, 0.6) is 0 Å². The number of hydrogen-bond donors (Lipinski definition) is 3. The zero-order chi connectivity index (χ0) is 17.1. The minimum absolute atomic E-state index is 0.369. The van der Waals surface area contributed by atoms with Gasteiger partial charge in [-0.15, -0.1) is 0 Å². The fourth-order valence-electron chi connectivity index (χ4n) is 2.03. The molecule has 2 aromatic heterocycles. The minimum Gasteiger partial charge on any atom is -0.393 e. The summed E-state index contributed by atoms with van der Waals surface area (Å²) in [7, 11) is 0. The molecule has 6 nitrogen and oxygen atoms in total. The predicted molar refractivity (Wildman–Crippen MR) is 98.4 cm³/mol. The Morgan fingerprint density at radius 1 is 0.917 bits per heavy atom. The van der Waals surface area contributed by atoms with Gasteiger partial charge in [-0.1, -0.05) is 29.3 Å². The first-order valence-corrected chi connectivity index (χ1v) is 7.81. The van der Waals surface area contributed by atoms with E-state index >= 15 is 0 Å². The maximum absolute atomic E-state index is 6.16. The summed E-state index contributed by atoms with van der Waals surface area (Å²) in [6.07, 6.45) is 3.11. The third kappa shape index (κ3) is 3.50. The van der Waals surface area contributed by atoms with Crippen LogP contribution in [0, 0.1) is 6.92 Å². The predicted octanol–water partition coefficient (Wildman–Crippen LogP) is 4.56. The Hall–Kier alpha value is -2.57. The maximum atomic E-state index is 6.16. The van der Waals surface area contributed by atoms with Crippen LogP contribution in [0.1, 0.15) is 5.56 Å². The zero-order valence-electron chi connectivity index (χ0n) is 12.7. The van der Waals surface area contributed by atoms with Gasteiger partial charge in [-0.2, -0.15) is 0 Å². The van der Waals surface area contributed by atoms with Gasteiger partial charge < -0.3 is 16.4 Å². The fraction of sp³-hybridized carbons (Fsp3) is 0.0625. The molecular weight excluding hydrogens is 347 g/mol. The molecule has 2 heterocycles. The summed E-state index contributed by atoms with van der Waals surface area (Å²) >= 11 is 11.9. The van der Waals surface area contributed by atoms with E-state index in [0.717, 1.165) is 11.3 Å². The van der Waals surface area contributed by atoms with E-state index in [1.807, 2.05) is 19.1 Å². The smallest absolute Gasteiger partial charge is 0.160 e. The normalized spacial score (nSPS) is 10.5. The first-order chi connectivity index (χ1) is 11.5. The highest BCUT2D eigenvalue weighted by atomic mass is 35.5. The molecule has 8 heteroatoms. The van der Waals surface area contributed by atoms with Crippen molar-refractivity contribution in [1.82, 2.24) is 15.0 Å². The van der Waals surface area contributed by atoms with Crippen LogP contribution >= 0.6 is 23.2 Å². The van der Waals surface area contributed by atoms with Gasteiger partial charge in [0.15, 0.2) is 11.6 Å². The van der Waals surface area contributed by atoms with Gasteiger partial charge in [0.1, 0.15) is 17.8 Å². The summed E-state index contributed by atoms with van der Waals surface area (Å²) in [4.78, 5) is 12.6. The molecule has 1 aromatic carbocycles. The molecule has 0 radical (unpaired) electrons. The monoisotopic (exact) mass is 360 g/mol. The topological polar surface area (TPSA) is 88.8 Å². The van der Waals surface area contributed by atoms with Crippen molar-refractivity contribution >= 4 is 52.0 Å². The zero-order valence-corrected chi connectivity index (χ0v) is 14.2. The van der Waals surface area contributed by atoms with Crippen LogP contribution in [0.2, 0.25) is 10.0 Å². The summed E-state index contributed by atoms with van der Waals surface area (Å²) in [5.74, 6) is 1.61. The SMILES string of the molecule is Cc1cccnc1Nc1ncnc(Nc2ccc(Cl)c(Cl)c2)c1N. The molecule has 0 atom stereocenters. The van der Waals surface area contributed by atoms with E-state index < -0.39 is 0 Å². The molecule has 0 unspecified atom stereocenters. The number of aromatic nitrogens is 3. The van der Waals surface area contributed by atoms with Crippen LogP contribution in [0.25, 0.3) is 0 Å². The Bertz CT molecular complexity index is 884. The lowest BCUT2D eigenvalue weighted by Gasteiger charge is -2.13. The van der Waals surface area contributed by atoms with Gasteiger partial charge in [-0.3, -0.25) is 0 Å². The number of aryl methyl sites for hydroxylation is 1. The van der Waals surface area contributed by atoms with Crippen molar-refractivity contribution in [2.45, 2.75) is 6.92 Å². The minimum atomic E-state index is 0.369. The molecular formula is C16H14Cl2N6. The summed E-state index contributed by atoms with van der Waals surface area (Å²) in [6.45, 7) is 1.95. The molecule has 0 aliphatic carbocycles. The third-order valence-corrected chi connectivity index (χ3v) is 4.05. The Morgan fingerprint density at radius 2 is 1.67 bits per heavy atom. The largest absolute Gasteiger partial charge is 0.393 e. The molecule has 0 aliphatic rings. The quantitative estimate of drug-likeness (QED) is 0.632. The Labute approximate surface area is 149 Å². The number of anilines is 5. The Morgan fingerprint density at radius 3 is 2.38 bits per heavy atom. The average molecular weight is 361 g/mol. The maximum Gasteiger partial charge on any atom is 0.160 e. The molecule has 4 N–H and O–H groups in total. The number of nitrogens with zero attached hydrogens (tertiary/aromatic N) is 3. The molecule has 0 saturated heterocycles. The second-order valence-corrected chi connectivity index (χ2v) is 5.85. The summed E-state index contributed by atoms with van der Waals surface area (Å²) < 4.78 is 0. The third-order valence-electron chi connectivity index (χ3n) is 3.31. The molecule has 0 spiro atoms. The van der Waals surface area contributed by atoms with Gasteiger partial charge in [0.25, 0.3) is 0 Å². The van der Waals surface area contributed by atoms with Gasteiger partial charge in [0, 0.05) is 11.9 Å². The second-order valence-electron chi connectivity index (χ2n) is 5.03. The van der Waals surface area contributed by atoms with Crippen LogP contribution in [0.4, 0.5) is 28.8 Å². The van der Waals surface area contributed by atoms with Crippen molar-refractivity contribution in [3.05, 3.63) is 58.5 Å². The van der Waals surface area contributed by atoms with Crippen molar-refractivity contribution in [1.29, 1.82) is 0 Å².